The summed E-state index contributed by atoms with van der Waals surface area (Å²) in [5, 5.41) is 0. The molecule has 0 rings (SSSR count). The number of hydrogen-bond donors (Lipinski definition) is 0. The quantitative estimate of drug-likeness (QED) is 0.324. The van der Waals surface area contributed by atoms with Crippen molar-refractivity contribution in [3.05, 3.63) is 12.2 Å². The van der Waals surface area contributed by atoms with E-state index >= 15 is 0 Å². The topological polar surface area (TPSA) is 26.3 Å². The van der Waals surface area contributed by atoms with Gasteiger partial charge in [-0.15, -0.1) is 0 Å². The first-order valence-corrected chi connectivity index (χ1v) is 12.3. The highest BCUT2D eigenvalue weighted by atomic mass is 80.0. The maximum Gasteiger partial charge on any atom is 0.330 e. The molecule has 0 aliphatic rings. The van der Waals surface area contributed by atoms with E-state index in [0.717, 1.165) is 6.04 Å². The van der Waals surface area contributed by atoms with Crippen molar-refractivity contribution in [3.8, 4) is 0 Å². The van der Waals surface area contributed by atoms with Gasteiger partial charge in [-0.2, -0.15) is 0 Å². The van der Waals surface area contributed by atoms with Crippen molar-refractivity contribution < 1.29 is 9.53 Å². The summed E-state index contributed by atoms with van der Waals surface area (Å²) in [4.78, 5) is 10.8. The zero-order valence-corrected chi connectivity index (χ0v) is 12.3. The highest BCUT2D eigenvalue weighted by Gasteiger charge is 2.21. The molecule has 0 bridgehead atoms. The number of rotatable bonds is 4. The molecule has 0 amide bonds. The molecule has 0 fully saturated rings. The van der Waals surface area contributed by atoms with E-state index in [4.69, 9.17) is 4.74 Å². The highest BCUT2D eigenvalue weighted by Crippen LogP contribution is 2.31. The molecule has 6 heteroatoms. The number of allylic oxidation sites excluding steroid dienone is 1. The summed E-state index contributed by atoms with van der Waals surface area (Å²) in [5.74, 6) is -0.289. The monoisotopic (exact) mass is 378 g/mol. The van der Waals surface area contributed by atoms with E-state index in [1.807, 2.05) is 0 Å². The van der Waals surface area contributed by atoms with Crippen LogP contribution in [0.25, 0.3) is 0 Å². The average molecular weight is 381 g/mol. The minimum Gasteiger partial charge on any atom is -0.463 e. The van der Waals surface area contributed by atoms with E-state index in [1.54, 1.807) is 13.0 Å². The molecule has 0 radical (unpaired) electrons. The molecule has 0 N–H and O–H groups in total. The molecule has 0 aromatic carbocycles. The van der Waals surface area contributed by atoms with Crippen LogP contribution in [-0.4, -0.2) is 16.5 Å². The Morgan fingerprint density at radius 3 is 2.50 bits per heavy atom. The van der Waals surface area contributed by atoms with Gasteiger partial charge in [0.15, 0.2) is 0 Å². The second-order valence-electron chi connectivity index (χ2n) is 2.03. The third kappa shape index (κ3) is 8.96. The van der Waals surface area contributed by atoms with E-state index < -0.39 is 3.93 Å². The summed E-state index contributed by atoms with van der Waals surface area (Å²) < 4.78 is 3.27. The van der Waals surface area contributed by atoms with Gasteiger partial charge in [0.1, 0.15) is 0 Å². The van der Waals surface area contributed by atoms with Crippen molar-refractivity contribution in [2.45, 2.75) is 13.0 Å². The SMILES string of the molecule is CC=CC(=O)OCC[Si](Br)(Br)Br. The molecule has 0 saturated heterocycles. The zero-order chi connectivity index (χ0) is 9.61. The minimum atomic E-state index is -1.61. The Kier molecular flexibility index (Phi) is 6.80. The van der Waals surface area contributed by atoms with Gasteiger partial charge in [0.2, 0.25) is 0 Å². The summed E-state index contributed by atoms with van der Waals surface area (Å²) in [7, 11) is 0. The van der Waals surface area contributed by atoms with E-state index in [1.165, 1.54) is 6.08 Å². The summed E-state index contributed by atoms with van der Waals surface area (Å²) in [6, 6.07) is 0.788. The Balaban J connectivity index is 3.51. The number of ether oxygens (including phenoxy) is 1. The van der Waals surface area contributed by atoms with Crippen molar-refractivity contribution in [2.24, 2.45) is 0 Å². The molecule has 0 unspecified atom stereocenters. The Morgan fingerprint density at radius 2 is 2.08 bits per heavy atom. The van der Waals surface area contributed by atoms with Crippen molar-refractivity contribution in [1.82, 2.24) is 0 Å². The predicted molar refractivity (Wildman–Crippen MR) is 63.1 cm³/mol. The number of carbonyl (C=O) groups excluding carboxylic acids is 1. The van der Waals surface area contributed by atoms with Gasteiger partial charge in [-0.3, -0.25) is 0 Å². The van der Waals surface area contributed by atoms with Gasteiger partial charge < -0.3 is 4.74 Å². The highest BCUT2D eigenvalue weighted by molar-refractivity contribution is 9.72. The van der Waals surface area contributed by atoms with E-state index in [-0.39, 0.29) is 5.97 Å². The largest absolute Gasteiger partial charge is 0.463 e. The Morgan fingerprint density at radius 1 is 1.50 bits per heavy atom. The molecule has 0 aliphatic carbocycles. The van der Waals surface area contributed by atoms with Gasteiger partial charge in [0.05, 0.1) is 6.61 Å². The number of carbonyl (C=O) groups is 1. The van der Waals surface area contributed by atoms with Crippen LogP contribution < -0.4 is 0 Å². The maximum atomic E-state index is 10.8. The van der Waals surface area contributed by atoms with Crippen molar-refractivity contribution in [3.63, 3.8) is 0 Å². The molecule has 12 heavy (non-hydrogen) atoms. The first kappa shape index (κ1) is 12.9. The van der Waals surface area contributed by atoms with Gasteiger partial charge in [-0.25, -0.2) is 4.79 Å². The summed E-state index contributed by atoms with van der Waals surface area (Å²) in [6.45, 7) is 2.21. The molecule has 0 aromatic heterocycles. The lowest BCUT2D eigenvalue weighted by molar-refractivity contribution is -0.137. The lowest BCUT2D eigenvalue weighted by atomic mass is 10.5. The third-order valence-electron chi connectivity index (χ3n) is 0.933. The van der Waals surface area contributed by atoms with Gasteiger partial charge in [0.25, 0.3) is 3.93 Å². The van der Waals surface area contributed by atoms with Crippen LogP contribution in [0.5, 0.6) is 0 Å². The Bertz CT molecular complexity index is 176. The van der Waals surface area contributed by atoms with Crippen LogP contribution >= 0.6 is 45.9 Å². The standard InChI is InChI=1S/C6H9Br3O2Si/c1-2-3-6(10)11-4-5-12(7,8)9/h2-3H,4-5H2,1H3. The van der Waals surface area contributed by atoms with Gasteiger partial charge in [-0.1, -0.05) is 52.0 Å². The molecular weight excluding hydrogens is 372 g/mol. The van der Waals surface area contributed by atoms with Crippen LogP contribution in [0.2, 0.25) is 6.04 Å². The summed E-state index contributed by atoms with van der Waals surface area (Å²) in [6.07, 6.45) is 3.06. The van der Waals surface area contributed by atoms with E-state index in [0.29, 0.717) is 6.61 Å². The normalized spacial score (nSPS) is 12.0. The fourth-order valence-corrected chi connectivity index (χ4v) is 2.24. The number of hydrogen-bond acceptors (Lipinski definition) is 2. The zero-order valence-electron chi connectivity index (χ0n) is 6.52. The van der Waals surface area contributed by atoms with E-state index in [2.05, 4.69) is 45.9 Å². The third-order valence-corrected chi connectivity index (χ3v) is 5.27. The number of halogens is 3. The van der Waals surface area contributed by atoms with Crippen molar-refractivity contribution in [2.75, 3.05) is 6.61 Å². The fourth-order valence-electron chi connectivity index (χ4n) is 0.452. The molecule has 2 nitrogen and oxygen atoms in total. The molecule has 0 aromatic rings. The molecule has 0 aliphatic heterocycles. The lowest BCUT2D eigenvalue weighted by Crippen LogP contribution is -2.12. The van der Waals surface area contributed by atoms with Crippen LogP contribution in [0.1, 0.15) is 6.92 Å². The Hall–Kier alpha value is 0.867. The van der Waals surface area contributed by atoms with E-state index in [9.17, 15) is 4.79 Å². The lowest BCUT2D eigenvalue weighted by Gasteiger charge is -2.07. The van der Waals surface area contributed by atoms with Crippen LogP contribution in [0.4, 0.5) is 0 Å². The maximum absolute atomic E-state index is 10.8. The van der Waals surface area contributed by atoms with Gasteiger partial charge in [0, 0.05) is 12.1 Å². The first-order valence-electron chi connectivity index (χ1n) is 3.32. The molecule has 0 saturated carbocycles. The summed E-state index contributed by atoms with van der Waals surface area (Å²) in [5.41, 5.74) is 0. The molecular formula is C6H9Br3O2Si. The van der Waals surface area contributed by atoms with Crippen LogP contribution in [0, 0.1) is 0 Å². The van der Waals surface area contributed by atoms with Crippen molar-refractivity contribution >= 4 is 55.8 Å². The average Bonchev–Trinajstić information content (AvgIpc) is 1.84. The molecule has 70 valence electrons. The van der Waals surface area contributed by atoms with Gasteiger partial charge in [-0.05, 0) is 6.92 Å². The minimum absolute atomic E-state index is 0.289. The molecule has 0 atom stereocenters. The second kappa shape index (κ2) is 6.34. The van der Waals surface area contributed by atoms with Crippen LogP contribution in [-0.2, 0) is 9.53 Å². The first-order chi connectivity index (χ1) is 5.45. The fraction of sp³-hybridized carbons (Fsp3) is 0.500. The summed E-state index contributed by atoms with van der Waals surface area (Å²) >= 11 is 10.3. The van der Waals surface area contributed by atoms with Crippen molar-refractivity contribution in [1.29, 1.82) is 0 Å². The molecule has 0 heterocycles. The van der Waals surface area contributed by atoms with Gasteiger partial charge >= 0.3 is 5.97 Å². The number of esters is 1. The second-order valence-corrected chi connectivity index (χ2v) is 25.5. The van der Waals surface area contributed by atoms with Crippen LogP contribution in [0.3, 0.4) is 0 Å². The smallest absolute Gasteiger partial charge is 0.330 e. The van der Waals surface area contributed by atoms with Crippen LogP contribution in [0.15, 0.2) is 12.2 Å². The Labute approximate surface area is 96.5 Å². The molecule has 0 spiro atoms. The predicted octanol–water partition coefficient (Wildman–Crippen LogP) is 3.23.